The topological polar surface area (TPSA) is 296 Å². The van der Waals surface area contributed by atoms with Crippen LogP contribution in [0.5, 0.6) is 46.0 Å². The minimum atomic E-state index is -3.23. The first-order valence-electron chi connectivity index (χ1n) is 26.1. The maximum absolute atomic E-state index is 13.3. The van der Waals surface area contributed by atoms with Gasteiger partial charge in [0.25, 0.3) is 36.1 Å². The number of halogens is 9. The number of nitrogens with two attached hydrogens (primary N) is 1. The Morgan fingerprint density at radius 1 is 0.685 bits per heavy atom. The van der Waals surface area contributed by atoms with Gasteiger partial charge >= 0.3 is 11.7 Å². The number of aromatic amines is 1. The van der Waals surface area contributed by atoms with Crippen molar-refractivity contribution in [2.75, 3.05) is 40.6 Å². The van der Waals surface area contributed by atoms with Crippen LogP contribution in [0.15, 0.2) is 123 Å². The fourth-order valence-electron chi connectivity index (χ4n) is 7.98. The highest BCUT2D eigenvalue weighted by Gasteiger charge is 2.26. The summed E-state index contributed by atoms with van der Waals surface area (Å²) in [4.78, 5) is 72.3. The monoisotopic (exact) mass is 1460 g/mol. The summed E-state index contributed by atoms with van der Waals surface area (Å²) < 4.78 is 95.6. The van der Waals surface area contributed by atoms with Gasteiger partial charge in [-0.15, -0.1) is 0 Å². The molecule has 0 unspecified atom stereocenters. The van der Waals surface area contributed by atoms with Crippen molar-refractivity contribution in [1.29, 1.82) is 5.41 Å². The lowest BCUT2D eigenvalue weighted by atomic mass is 10.1. The lowest BCUT2D eigenvalue weighted by Gasteiger charge is -2.17. The summed E-state index contributed by atoms with van der Waals surface area (Å²) in [5.41, 5.74) is 1.59. The number of nitrogens with zero attached hydrogens (tertiary/aromatic N) is 2. The summed E-state index contributed by atoms with van der Waals surface area (Å²) in [7, 11) is 3.18. The number of amides is 5. The molecule has 0 saturated carbocycles. The third-order valence-electron chi connectivity index (χ3n) is 12.4. The molecule has 7 aromatic rings. The van der Waals surface area contributed by atoms with Gasteiger partial charge in [0, 0.05) is 26.1 Å². The molecule has 2 saturated heterocycles. The van der Waals surface area contributed by atoms with Crippen LogP contribution in [0.25, 0.3) is 5.69 Å². The molecule has 7 N–H and O–H groups in total. The van der Waals surface area contributed by atoms with Crippen molar-refractivity contribution in [3.63, 3.8) is 0 Å². The fourth-order valence-corrected chi connectivity index (χ4v) is 9.82. The van der Waals surface area contributed by atoms with Gasteiger partial charge in [0.1, 0.15) is 47.7 Å². The lowest BCUT2D eigenvalue weighted by molar-refractivity contribution is -0.114. The second kappa shape index (κ2) is 36.5. The first-order chi connectivity index (χ1) is 42.5. The Kier molecular flexibility index (Phi) is 30.5. The molecule has 0 aliphatic carbocycles. The smallest absolute Gasteiger partial charge is 0.349 e. The molecule has 92 heavy (non-hydrogen) atoms. The maximum Gasteiger partial charge on any atom is 0.349 e. The molecule has 2 aliphatic heterocycles. The van der Waals surface area contributed by atoms with Crippen molar-refractivity contribution in [1.82, 2.24) is 30.7 Å². The van der Waals surface area contributed by atoms with E-state index >= 15 is 0 Å². The summed E-state index contributed by atoms with van der Waals surface area (Å²) in [6.07, 6.45) is -5.01. The molecule has 2 fully saturated rings. The normalized spacial score (nSPS) is 13.6. The van der Waals surface area contributed by atoms with E-state index in [0.29, 0.717) is 76.1 Å². The third kappa shape index (κ3) is 21.7. The molecule has 0 bridgehead atoms. The van der Waals surface area contributed by atoms with Gasteiger partial charge in [0.05, 0.1) is 76.4 Å². The second-order valence-corrected chi connectivity index (χ2v) is 21.2. The van der Waals surface area contributed by atoms with Crippen LogP contribution < -0.4 is 61.4 Å². The number of methoxy groups -OCH3 is 2. The van der Waals surface area contributed by atoms with Crippen molar-refractivity contribution in [2.24, 2.45) is 5.73 Å². The Balaban J connectivity index is 0.000000335. The molecular weight excluding hydrogens is 1410 g/mol. The standard InChI is InChI=1S/C29H24Cl2F2N4O7.C25H22BrCl2NO5.C4H5F2N3O2.B.2H2S/c1-41-18-4-2-15(3-5-18)13-43-23-7-6-19(12-20(23)27(38)34-16-8-9-42-14-16)44-25-21(30)10-17(11-22(25)31)37-29(40)35-28(39)24(36-37)26(32)33;1-31-18-4-2-15(3-5-18)13-33-23-7-6-19(34-24-21(27)10-16(26)11-22(24)28)12-20(23)25(30)29-17-8-9-32-14-17;5-2(6)1(7)3(10)9-4(8)11;;;/h2-7,10-12,16,26H,8-9,13-14H2,1H3,(H,34,38)(H,35,39,40);2-7,10-12,17H,8-9,13-14H2,1H3,(H,29,30);2,7H,(H3,8,9,10,11);;2*1H2/t16-;17-;;;;/m00..../s1. The van der Waals surface area contributed by atoms with Gasteiger partial charge in [0.15, 0.2) is 22.9 Å². The number of aromatic nitrogens is 3. The number of ether oxygens (including phenoxy) is 8. The molecule has 6 aromatic carbocycles. The third-order valence-corrected chi connectivity index (χ3v) is 14.0. The van der Waals surface area contributed by atoms with Gasteiger partial charge in [-0.2, -0.15) is 36.8 Å². The van der Waals surface area contributed by atoms with E-state index in [-0.39, 0.29) is 105 Å². The molecule has 2 aliphatic rings. The number of H-pyrrole nitrogens is 1. The molecular formula is C58H55BBrCl4F4N8O14S2. The number of alkyl halides is 4. The first kappa shape index (κ1) is 76.8. The minimum absolute atomic E-state index is 0. The fraction of sp³-hybridized carbons (Fsp3) is 0.241. The van der Waals surface area contributed by atoms with Crippen LogP contribution in [-0.4, -0.2) is 112 Å². The Bertz CT molecular complexity index is 3800. The summed E-state index contributed by atoms with van der Waals surface area (Å²) >= 11 is 28.8. The number of carbonyl (C=O) groups excluding carboxylic acids is 4. The molecule has 22 nitrogen and oxygen atoms in total. The van der Waals surface area contributed by atoms with Crippen LogP contribution >= 0.6 is 89.3 Å². The summed E-state index contributed by atoms with van der Waals surface area (Å²) in [6.45, 7) is 2.46. The van der Waals surface area contributed by atoms with Gasteiger partial charge in [-0.1, -0.05) is 86.6 Å². The number of nitrogens with one attached hydrogen (secondary N) is 5. The average Bonchev–Trinajstić information content (AvgIpc) is 1.10. The molecule has 3 heterocycles. The highest BCUT2D eigenvalue weighted by atomic mass is 79.9. The van der Waals surface area contributed by atoms with Crippen LogP contribution in [0.2, 0.25) is 20.1 Å². The minimum Gasteiger partial charge on any atom is -0.497 e. The van der Waals surface area contributed by atoms with E-state index in [2.05, 4.69) is 37.4 Å². The predicted octanol–water partition coefficient (Wildman–Crippen LogP) is 11.0. The first-order valence-corrected chi connectivity index (χ1v) is 28.4. The highest BCUT2D eigenvalue weighted by Crippen LogP contribution is 2.41. The molecule has 0 spiro atoms. The number of rotatable bonds is 20. The molecule has 489 valence electrons. The summed E-state index contributed by atoms with van der Waals surface area (Å²) in [6, 6.07) is 28.6. The van der Waals surface area contributed by atoms with Gasteiger partial charge in [-0.05, 0) is 109 Å². The summed E-state index contributed by atoms with van der Waals surface area (Å²) in [5, 5.41) is 17.5. The zero-order valence-corrected chi connectivity index (χ0v) is 54.6. The van der Waals surface area contributed by atoms with Gasteiger partial charge in [-0.25, -0.2) is 27.2 Å². The largest absolute Gasteiger partial charge is 0.497 e. The highest BCUT2D eigenvalue weighted by molar-refractivity contribution is 9.10. The Hall–Kier alpha value is -7.68. The Morgan fingerprint density at radius 3 is 1.47 bits per heavy atom. The van der Waals surface area contributed by atoms with Gasteiger partial charge < -0.3 is 54.3 Å². The number of carbonyl (C=O) groups is 4. The SMILES string of the molecule is COc1ccc(COc2ccc(Oc3c(Cl)cc(-n4nc(C(F)F)c(=O)[nH]c4=O)cc3Cl)cc2C(=O)N[C@H]2CCOC2)cc1.COc1ccc(COc2ccc(Oc3c(Cl)cc(Br)cc3Cl)cc2C(=O)N[C@H]2CCOC2)cc1.N=C(C(=O)NC(N)=O)C(F)F.S.S.[B]. The van der Waals surface area contributed by atoms with Gasteiger partial charge in [-0.3, -0.25) is 34.9 Å². The molecule has 3 radical (unpaired) electrons. The number of urea groups is 1. The second-order valence-electron chi connectivity index (χ2n) is 18.7. The molecule has 5 amide bonds. The summed E-state index contributed by atoms with van der Waals surface area (Å²) in [5.74, 6) is 0.811. The van der Waals surface area contributed by atoms with E-state index in [0.717, 1.165) is 27.8 Å². The van der Waals surface area contributed by atoms with E-state index in [1.54, 1.807) is 73.8 Å². The number of imide groups is 1. The number of benzene rings is 6. The van der Waals surface area contributed by atoms with Crippen LogP contribution in [-0.2, 0) is 27.5 Å². The van der Waals surface area contributed by atoms with Crippen molar-refractivity contribution in [3.05, 3.63) is 183 Å². The molecule has 2 atom stereocenters. The van der Waals surface area contributed by atoms with Gasteiger partial charge in [0.2, 0.25) is 0 Å². The zero-order chi connectivity index (χ0) is 64.5. The van der Waals surface area contributed by atoms with E-state index in [1.165, 1.54) is 23.5 Å². The van der Waals surface area contributed by atoms with E-state index in [9.17, 15) is 46.3 Å². The number of hydrogen-bond donors (Lipinski definition) is 6. The Morgan fingerprint density at radius 2 is 1.10 bits per heavy atom. The maximum atomic E-state index is 13.3. The molecule has 34 heteroatoms. The molecule has 1 aromatic heterocycles. The van der Waals surface area contributed by atoms with Crippen LogP contribution in [0.4, 0.5) is 22.4 Å². The van der Waals surface area contributed by atoms with E-state index in [4.69, 9.17) is 89.7 Å². The number of primary amides is 1. The average molecular weight is 1460 g/mol. The van der Waals surface area contributed by atoms with Crippen molar-refractivity contribution < 1.29 is 74.6 Å². The van der Waals surface area contributed by atoms with Crippen molar-refractivity contribution in [2.45, 2.75) is 51.0 Å². The molecule has 9 rings (SSSR count). The van der Waals surface area contributed by atoms with Crippen LogP contribution in [0.1, 0.15) is 56.8 Å². The van der Waals surface area contributed by atoms with Crippen molar-refractivity contribution >= 4 is 127 Å². The predicted molar refractivity (Wildman–Crippen MR) is 349 cm³/mol. The lowest BCUT2D eigenvalue weighted by Crippen LogP contribution is -2.41. The van der Waals surface area contributed by atoms with Crippen LogP contribution in [0, 0.1) is 5.41 Å². The van der Waals surface area contributed by atoms with Crippen molar-refractivity contribution in [3.8, 4) is 51.7 Å². The van der Waals surface area contributed by atoms with E-state index < -0.39 is 53.4 Å². The Labute approximate surface area is 566 Å². The quantitative estimate of drug-likeness (QED) is 0.0235. The zero-order valence-electron chi connectivity index (χ0n) is 48.0. The van der Waals surface area contributed by atoms with Crippen LogP contribution in [0.3, 0.4) is 0 Å². The van der Waals surface area contributed by atoms with E-state index in [1.807, 2.05) is 36.4 Å². The number of hydrogen-bond acceptors (Lipinski definition) is 16.